The topological polar surface area (TPSA) is 39.4 Å². The van der Waals surface area contributed by atoms with Gasteiger partial charge in [-0.25, -0.2) is 4.98 Å². The van der Waals surface area contributed by atoms with Crippen LogP contribution < -0.4 is 0 Å². The van der Waals surface area contributed by atoms with Crippen molar-refractivity contribution in [3.8, 4) is 0 Å². The van der Waals surface area contributed by atoms with E-state index in [4.69, 9.17) is 28.0 Å². The van der Waals surface area contributed by atoms with Crippen LogP contribution in [-0.2, 0) is 11.4 Å². The molecule has 1 heterocycles. The Kier molecular flexibility index (Phi) is 6.74. The number of unbranched alkanes of at least 4 members (excludes halogenated alkanes) is 1. The molecule has 2 rings (SSSR count). The molecule has 0 saturated heterocycles. The molecule has 118 valence electrons. The molecule has 0 aliphatic carbocycles. The van der Waals surface area contributed by atoms with Crippen molar-refractivity contribution in [1.29, 1.82) is 0 Å². The number of benzene rings is 1. The third kappa shape index (κ3) is 5.04. The molecule has 0 radical (unpaired) electrons. The van der Waals surface area contributed by atoms with Gasteiger partial charge in [-0.3, -0.25) is 0 Å². The first kappa shape index (κ1) is 16.8. The van der Waals surface area contributed by atoms with E-state index in [1.54, 1.807) is 18.6 Å². The van der Waals surface area contributed by atoms with Crippen molar-refractivity contribution >= 4 is 28.9 Å². The SMILES string of the molecule is CCCCO/N=C(\CCn1ccnc1)c1ccc(Cl)cc1Cl. The lowest BCUT2D eigenvalue weighted by Gasteiger charge is -2.10. The Morgan fingerprint density at radius 3 is 2.91 bits per heavy atom. The van der Waals surface area contributed by atoms with Gasteiger partial charge in [0.1, 0.15) is 6.61 Å². The fourth-order valence-electron chi connectivity index (χ4n) is 1.94. The minimum absolute atomic E-state index is 0.580. The number of hydrogen-bond acceptors (Lipinski definition) is 3. The highest BCUT2D eigenvalue weighted by Gasteiger charge is 2.10. The number of aromatic nitrogens is 2. The van der Waals surface area contributed by atoms with Crippen LogP contribution in [0, 0.1) is 0 Å². The van der Waals surface area contributed by atoms with Crippen molar-refractivity contribution in [2.75, 3.05) is 6.61 Å². The summed E-state index contributed by atoms with van der Waals surface area (Å²) in [6.45, 7) is 3.48. The maximum atomic E-state index is 6.29. The van der Waals surface area contributed by atoms with Crippen LogP contribution in [0.1, 0.15) is 31.7 Å². The van der Waals surface area contributed by atoms with Crippen molar-refractivity contribution in [1.82, 2.24) is 9.55 Å². The summed E-state index contributed by atoms with van der Waals surface area (Å²) in [5, 5.41) is 5.46. The molecule has 0 aliphatic rings. The summed E-state index contributed by atoms with van der Waals surface area (Å²) in [7, 11) is 0. The second kappa shape index (κ2) is 8.81. The van der Waals surface area contributed by atoms with Crippen molar-refractivity contribution < 1.29 is 4.84 Å². The lowest BCUT2D eigenvalue weighted by molar-refractivity contribution is 0.140. The average Bonchev–Trinajstić information content (AvgIpc) is 3.01. The van der Waals surface area contributed by atoms with Crippen LogP contribution in [-0.4, -0.2) is 21.9 Å². The summed E-state index contributed by atoms with van der Waals surface area (Å²) in [6.07, 6.45) is 8.19. The number of oxime groups is 1. The average molecular weight is 340 g/mol. The van der Waals surface area contributed by atoms with E-state index in [1.165, 1.54) is 0 Å². The van der Waals surface area contributed by atoms with Crippen molar-refractivity contribution in [2.45, 2.75) is 32.7 Å². The van der Waals surface area contributed by atoms with Gasteiger partial charge in [-0.2, -0.15) is 0 Å². The predicted octanol–water partition coefficient (Wildman–Crippen LogP) is 4.80. The number of imidazole rings is 1. The van der Waals surface area contributed by atoms with E-state index < -0.39 is 0 Å². The predicted molar refractivity (Wildman–Crippen MR) is 90.7 cm³/mol. The fourth-order valence-corrected chi connectivity index (χ4v) is 2.46. The van der Waals surface area contributed by atoms with Crippen molar-refractivity contribution in [3.63, 3.8) is 0 Å². The zero-order valence-electron chi connectivity index (χ0n) is 12.5. The highest BCUT2D eigenvalue weighted by Crippen LogP contribution is 2.23. The van der Waals surface area contributed by atoms with Gasteiger partial charge in [-0.1, -0.05) is 47.8 Å². The highest BCUT2D eigenvalue weighted by molar-refractivity contribution is 6.37. The molecule has 0 bridgehead atoms. The molecule has 1 aromatic heterocycles. The van der Waals surface area contributed by atoms with Gasteiger partial charge in [0.15, 0.2) is 0 Å². The van der Waals surface area contributed by atoms with E-state index in [0.717, 1.165) is 30.7 Å². The molecule has 4 nitrogen and oxygen atoms in total. The molecule has 2 aromatic rings. The van der Waals surface area contributed by atoms with E-state index >= 15 is 0 Å². The minimum Gasteiger partial charge on any atom is -0.396 e. The van der Waals surface area contributed by atoms with Gasteiger partial charge in [0.2, 0.25) is 0 Å². The number of hydrogen-bond donors (Lipinski definition) is 0. The lowest BCUT2D eigenvalue weighted by atomic mass is 10.1. The molecule has 0 aliphatic heterocycles. The van der Waals surface area contributed by atoms with Crippen molar-refractivity contribution in [3.05, 3.63) is 52.5 Å². The quantitative estimate of drug-likeness (QED) is 0.393. The monoisotopic (exact) mass is 339 g/mol. The molecule has 22 heavy (non-hydrogen) atoms. The lowest BCUT2D eigenvalue weighted by Crippen LogP contribution is -2.08. The standard InChI is InChI=1S/C16H19Cl2N3O/c1-2-3-10-22-20-16(6-8-21-9-7-19-12-21)14-5-4-13(17)11-15(14)18/h4-5,7,9,11-12H,2-3,6,8,10H2,1H3/b20-16+. The van der Waals surface area contributed by atoms with Gasteiger partial charge in [0, 0.05) is 35.9 Å². The molecule has 6 heteroatoms. The first-order chi connectivity index (χ1) is 10.7. The van der Waals surface area contributed by atoms with Crippen LogP contribution in [0.2, 0.25) is 10.0 Å². The number of halogens is 2. The van der Waals surface area contributed by atoms with Crippen LogP contribution in [0.15, 0.2) is 42.1 Å². The number of rotatable bonds is 8. The molecular weight excluding hydrogens is 321 g/mol. The normalized spacial score (nSPS) is 11.7. The molecule has 0 amide bonds. The van der Waals surface area contributed by atoms with Gasteiger partial charge in [0.25, 0.3) is 0 Å². The van der Waals surface area contributed by atoms with Gasteiger partial charge >= 0.3 is 0 Å². The van der Waals surface area contributed by atoms with Crippen LogP contribution >= 0.6 is 23.2 Å². The van der Waals surface area contributed by atoms with Gasteiger partial charge in [-0.05, 0) is 18.6 Å². The zero-order chi connectivity index (χ0) is 15.8. The van der Waals surface area contributed by atoms with Crippen LogP contribution in [0.5, 0.6) is 0 Å². The third-order valence-electron chi connectivity index (χ3n) is 3.17. The summed E-state index contributed by atoms with van der Waals surface area (Å²) in [5.41, 5.74) is 1.66. The third-order valence-corrected chi connectivity index (χ3v) is 3.72. The van der Waals surface area contributed by atoms with E-state index in [-0.39, 0.29) is 0 Å². The molecule has 0 saturated carbocycles. The first-order valence-corrected chi connectivity index (χ1v) is 8.06. The molecule has 0 spiro atoms. The Hall–Kier alpha value is -1.52. The summed E-state index contributed by atoms with van der Waals surface area (Å²) in [5.74, 6) is 0. The summed E-state index contributed by atoms with van der Waals surface area (Å²) in [4.78, 5) is 9.45. The van der Waals surface area contributed by atoms with E-state index in [2.05, 4.69) is 17.1 Å². The van der Waals surface area contributed by atoms with Gasteiger partial charge in [0.05, 0.1) is 17.1 Å². The smallest absolute Gasteiger partial charge is 0.117 e. The summed E-state index contributed by atoms with van der Waals surface area (Å²) >= 11 is 12.2. The largest absolute Gasteiger partial charge is 0.396 e. The van der Waals surface area contributed by atoms with Crippen LogP contribution in [0.25, 0.3) is 0 Å². The number of aryl methyl sites for hydroxylation is 1. The Morgan fingerprint density at radius 1 is 1.36 bits per heavy atom. The Balaban J connectivity index is 2.12. The van der Waals surface area contributed by atoms with Crippen molar-refractivity contribution in [2.24, 2.45) is 5.16 Å². The highest BCUT2D eigenvalue weighted by atomic mass is 35.5. The van der Waals surface area contributed by atoms with Crippen LogP contribution in [0.3, 0.4) is 0 Å². The molecule has 0 unspecified atom stereocenters. The zero-order valence-corrected chi connectivity index (χ0v) is 14.0. The fraction of sp³-hybridized carbons (Fsp3) is 0.375. The Labute approximate surface area is 140 Å². The molecule has 0 N–H and O–H groups in total. The first-order valence-electron chi connectivity index (χ1n) is 7.30. The summed E-state index contributed by atoms with van der Waals surface area (Å²) in [6, 6.07) is 5.40. The molecule has 0 atom stereocenters. The maximum absolute atomic E-state index is 6.29. The summed E-state index contributed by atoms with van der Waals surface area (Å²) < 4.78 is 1.99. The van der Waals surface area contributed by atoms with Gasteiger partial charge in [-0.15, -0.1) is 0 Å². The Bertz CT molecular complexity index is 612. The maximum Gasteiger partial charge on any atom is 0.117 e. The second-order valence-electron chi connectivity index (χ2n) is 4.90. The molecular formula is C16H19Cl2N3O. The van der Waals surface area contributed by atoms with Crippen LogP contribution in [0.4, 0.5) is 0 Å². The van der Waals surface area contributed by atoms with E-state index in [1.807, 2.05) is 22.9 Å². The molecule has 0 fully saturated rings. The van der Waals surface area contributed by atoms with E-state index in [0.29, 0.717) is 23.1 Å². The van der Waals surface area contributed by atoms with Gasteiger partial charge < -0.3 is 9.40 Å². The Morgan fingerprint density at radius 2 is 2.23 bits per heavy atom. The molecule has 1 aromatic carbocycles. The number of nitrogens with zero attached hydrogens (tertiary/aromatic N) is 3. The van der Waals surface area contributed by atoms with E-state index in [9.17, 15) is 0 Å². The minimum atomic E-state index is 0.580. The second-order valence-corrected chi connectivity index (χ2v) is 5.74.